The summed E-state index contributed by atoms with van der Waals surface area (Å²) in [5, 5.41) is 4.16. The molecule has 2 heterocycles. The van der Waals surface area contributed by atoms with Crippen molar-refractivity contribution in [2.24, 2.45) is 0 Å². The first-order valence-electron chi connectivity index (χ1n) is 4.68. The quantitative estimate of drug-likeness (QED) is 0.783. The van der Waals surface area contributed by atoms with Crippen LogP contribution in [0.25, 0.3) is 0 Å². The molecule has 0 bridgehead atoms. The lowest BCUT2D eigenvalue weighted by atomic mass is 10.1. The van der Waals surface area contributed by atoms with Crippen LogP contribution in [0.5, 0.6) is 0 Å². The van der Waals surface area contributed by atoms with E-state index in [0.717, 1.165) is 18.7 Å². The van der Waals surface area contributed by atoms with Crippen molar-refractivity contribution in [2.45, 2.75) is 25.3 Å². The minimum Gasteiger partial charge on any atom is -0.314 e. The van der Waals surface area contributed by atoms with E-state index in [0.29, 0.717) is 11.1 Å². The fourth-order valence-electron chi connectivity index (χ4n) is 1.71. The van der Waals surface area contributed by atoms with Crippen LogP contribution in [-0.4, -0.2) is 17.6 Å². The maximum Gasteiger partial charge on any atom is 0.0589 e. The van der Waals surface area contributed by atoms with Gasteiger partial charge in [0.1, 0.15) is 0 Å². The molecule has 0 aromatic carbocycles. The van der Waals surface area contributed by atoms with Crippen LogP contribution in [0.4, 0.5) is 0 Å². The van der Waals surface area contributed by atoms with Gasteiger partial charge >= 0.3 is 0 Å². The van der Waals surface area contributed by atoms with Crippen molar-refractivity contribution in [1.82, 2.24) is 10.3 Å². The lowest BCUT2D eigenvalue weighted by Crippen LogP contribution is -2.23. The van der Waals surface area contributed by atoms with Crippen molar-refractivity contribution in [3.8, 4) is 0 Å². The standard InChI is InChI=1S/C10H13ClN2/c11-8-3-4-10(13-7-8)6-9-2-1-5-12-9/h3-4,7,9,12H,1-2,5-6H2. The number of nitrogens with zero attached hydrogens (tertiary/aromatic N) is 1. The van der Waals surface area contributed by atoms with Crippen molar-refractivity contribution < 1.29 is 0 Å². The van der Waals surface area contributed by atoms with E-state index in [1.807, 2.05) is 12.1 Å². The first kappa shape index (κ1) is 8.97. The summed E-state index contributed by atoms with van der Waals surface area (Å²) in [5.74, 6) is 0. The third-order valence-corrected chi connectivity index (χ3v) is 2.63. The summed E-state index contributed by atoms with van der Waals surface area (Å²) in [6, 6.07) is 4.52. The summed E-state index contributed by atoms with van der Waals surface area (Å²) in [7, 11) is 0. The van der Waals surface area contributed by atoms with Crippen LogP contribution in [0.3, 0.4) is 0 Å². The van der Waals surface area contributed by atoms with Gasteiger partial charge in [-0.2, -0.15) is 0 Å². The van der Waals surface area contributed by atoms with Crippen molar-refractivity contribution >= 4 is 11.6 Å². The van der Waals surface area contributed by atoms with Crippen LogP contribution in [-0.2, 0) is 6.42 Å². The Kier molecular flexibility index (Phi) is 2.81. The van der Waals surface area contributed by atoms with Gasteiger partial charge in [-0.25, -0.2) is 0 Å². The second-order valence-electron chi connectivity index (χ2n) is 3.47. The SMILES string of the molecule is Clc1ccc(CC2CCCN2)nc1. The molecule has 1 aliphatic heterocycles. The Morgan fingerprint density at radius 2 is 2.46 bits per heavy atom. The van der Waals surface area contributed by atoms with Crippen molar-refractivity contribution in [1.29, 1.82) is 0 Å². The van der Waals surface area contributed by atoms with Crippen LogP contribution in [0.1, 0.15) is 18.5 Å². The molecule has 1 atom stereocenters. The van der Waals surface area contributed by atoms with E-state index in [-0.39, 0.29) is 0 Å². The Labute approximate surface area is 83.3 Å². The van der Waals surface area contributed by atoms with Gasteiger partial charge in [0.05, 0.1) is 5.02 Å². The normalized spacial score (nSPS) is 22.1. The highest BCUT2D eigenvalue weighted by Gasteiger charge is 2.14. The van der Waals surface area contributed by atoms with Gasteiger partial charge < -0.3 is 5.32 Å². The maximum absolute atomic E-state index is 5.75. The number of hydrogen-bond donors (Lipinski definition) is 1. The molecule has 3 heteroatoms. The molecular weight excluding hydrogens is 184 g/mol. The number of nitrogens with one attached hydrogen (secondary N) is 1. The largest absolute Gasteiger partial charge is 0.314 e. The molecule has 1 unspecified atom stereocenters. The average molecular weight is 197 g/mol. The third-order valence-electron chi connectivity index (χ3n) is 2.41. The molecule has 1 N–H and O–H groups in total. The van der Waals surface area contributed by atoms with Crippen LogP contribution in [0.2, 0.25) is 5.02 Å². The molecule has 1 aromatic heterocycles. The van der Waals surface area contributed by atoms with Crippen molar-refractivity contribution in [3.63, 3.8) is 0 Å². The van der Waals surface area contributed by atoms with Gasteiger partial charge in [-0.15, -0.1) is 0 Å². The van der Waals surface area contributed by atoms with E-state index in [1.165, 1.54) is 12.8 Å². The zero-order chi connectivity index (χ0) is 9.10. The molecule has 0 saturated carbocycles. The van der Waals surface area contributed by atoms with E-state index in [1.54, 1.807) is 6.20 Å². The summed E-state index contributed by atoms with van der Waals surface area (Å²) in [5.41, 5.74) is 1.13. The number of aromatic nitrogens is 1. The lowest BCUT2D eigenvalue weighted by molar-refractivity contribution is 0.595. The van der Waals surface area contributed by atoms with Gasteiger partial charge in [0, 0.05) is 24.4 Å². The Bertz CT molecular complexity index is 265. The molecule has 1 aliphatic rings. The zero-order valence-electron chi connectivity index (χ0n) is 7.46. The lowest BCUT2D eigenvalue weighted by Gasteiger charge is -2.08. The molecule has 70 valence electrons. The molecule has 0 radical (unpaired) electrons. The average Bonchev–Trinajstić information content (AvgIpc) is 2.62. The highest BCUT2D eigenvalue weighted by atomic mass is 35.5. The van der Waals surface area contributed by atoms with Crippen molar-refractivity contribution in [2.75, 3.05) is 6.54 Å². The molecule has 2 nitrogen and oxygen atoms in total. The molecule has 2 rings (SSSR count). The monoisotopic (exact) mass is 196 g/mol. The Morgan fingerprint density at radius 1 is 1.54 bits per heavy atom. The Morgan fingerprint density at radius 3 is 3.08 bits per heavy atom. The highest BCUT2D eigenvalue weighted by molar-refractivity contribution is 6.30. The minimum absolute atomic E-state index is 0.619. The number of hydrogen-bond acceptors (Lipinski definition) is 2. The van der Waals surface area contributed by atoms with Crippen LogP contribution in [0, 0.1) is 0 Å². The zero-order valence-corrected chi connectivity index (χ0v) is 8.22. The Balaban J connectivity index is 1.97. The first-order valence-corrected chi connectivity index (χ1v) is 5.06. The summed E-state index contributed by atoms with van der Waals surface area (Å²) < 4.78 is 0. The van der Waals surface area contributed by atoms with Gasteiger partial charge in [0.2, 0.25) is 0 Å². The van der Waals surface area contributed by atoms with E-state index in [2.05, 4.69) is 10.3 Å². The highest BCUT2D eigenvalue weighted by Crippen LogP contribution is 2.12. The molecular formula is C10H13ClN2. The molecule has 13 heavy (non-hydrogen) atoms. The van der Waals surface area contributed by atoms with Crippen LogP contribution in [0.15, 0.2) is 18.3 Å². The van der Waals surface area contributed by atoms with E-state index in [4.69, 9.17) is 11.6 Å². The molecule has 0 spiro atoms. The number of halogens is 1. The molecule has 1 fully saturated rings. The van der Waals surface area contributed by atoms with E-state index >= 15 is 0 Å². The van der Waals surface area contributed by atoms with Gasteiger partial charge in [-0.1, -0.05) is 11.6 Å². The fourth-order valence-corrected chi connectivity index (χ4v) is 1.82. The topological polar surface area (TPSA) is 24.9 Å². The summed E-state index contributed by atoms with van der Waals surface area (Å²) in [6.07, 6.45) is 5.30. The minimum atomic E-state index is 0.619. The Hall–Kier alpha value is -0.600. The molecule has 0 aliphatic carbocycles. The summed E-state index contributed by atoms with van der Waals surface area (Å²) in [6.45, 7) is 1.15. The van der Waals surface area contributed by atoms with Gasteiger partial charge in [0.15, 0.2) is 0 Å². The van der Waals surface area contributed by atoms with Crippen molar-refractivity contribution in [3.05, 3.63) is 29.0 Å². The molecule has 1 aromatic rings. The summed E-state index contributed by atoms with van der Waals surface area (Å²) >= 11 is 5.75. The van der Waals surface area contributed by atoms with Gasteiger partial charge in [0.25, 0.3) is 0 Å². The van der Waals surface area contributed by atoms with E-state index in [9.17, 15) is 0 Å². The predicted molar refractivity (Wildman–Crippen MR) is 54.0 cm³/mol. The van der Waals surface area contributed by atoms with Crippen LogP contribution >= 0.6 is 11.6 Å². The second kappa shape index (κ2) is 4.07. The van der Waals surface area contributed by atoms with Gasteiger partial charge in [-0.3, -0.25) is 4.98 Å². The number of rotatable bonds is 2. The van der Waals surface area contributed by atoms with E-state index < -0.39 is 0 Å². The second-order valence-corrected chi connectivity index (χ2v) is 3.90. The molecule has 0 amide bonds. The fraction of sp³-hybridized carbons (Fsp3) is 0.500. The third kappa shape index (κ3) is 2.42. The summed E-state index contributed by atoms with van der Waals surface area (Å²) in [4.78, 5) is 4.27. The smallest absolute Gasteiger partial charge is 0.0589 e. The number of pyridine rings is 1. The van der Waals surface area contributed by atoms with Gasteiger partial charge in [-0.05, 0) is 31.5 Å². The molecule has 1 saturated heterocycles. The first-order chi connectivity index (χ1) is 6.34. The van der Waals surface area contributed by atoms with Crippen LogP contribution < -0.4 is 5.32 Å². The maximum atomic E-state index is 5.75. The predicted octanol–water partition coefficient (Wildman–Crippen LogP) is 2.03.